The van der Waals surface area contributed by atoms with Crippen LogP contribution in [0, 0.1) is 6.92 Å². The number of carbonyl (C=O) groups excluding carboxylic acids is 1. The molecule has 222 valence electrons. The smallest absolute Gasteiger partial charge is 0.336 e. The van der Waals surface area contributed by atoms with Gasteiger partial charge in [0, 0.05) is 5.56 Å². The first-order valence-corrected chi connectivity index (χ1v) is 14.5. The Morgan fingerprint density at radius 3 is 2.21 bits per heavy atom. The topological polar surface area (TPSA) is 84.9 Å². The predicted octanol–water partition coefficient (Wildman–Crippen LogP) is 7.99. The summed E-state index contributed by atoms with van der Waals surface area (Å²) in [6, 6.07) is 28.5. The summed E-state index contributed by atoms with van der Waals surface area (Å²) in [5, 5.41) is 12.1. The standard InChI is InChI=1S/C22H25NO3.C15H14O2/c1-14(2)16(4)19-11-17(10-9-15(19)3)22(24)23-12-18-13-25-20-7-5-6-8-21(20)26-18;1-2-11-7-9-12(10-8-11)13-5-3-4-6-14(13)15(16)17/h5-11,18H,12-13H2,1-4H3,(H,23,24);3-10H,2H2,1H3,(H,16,17). The van der Waals surface area contributed by atoms with E-state index in [1.807, 2.05) is 78.9 Å². The minimum Gasteiger partial charge on any atom is -0.486 e. The van der Waals surface area contributed by atoms with E-state index in [2.05, 4.69) is 39.9 Å². The number of amides is 1. The summed E-state index contributed by atoms with van der Waals surface area (Å²) in [7, 11) is 0. The first kappa shape index (κ1) is 31.1. The number of rotatable bonds is 7. The van der Waals surface area contributed by atoms with E-state index in [1.165, 1.54) is 22.3 Å². The number of carboxylic acids is 1. The number of carbonyl (C=O) groups is 2. The highest BCUT2D eigenvalue weighted by molar-refractivity contribution is 5.96. The van der Waals surface area contributed by atoms with E-state index < -0.39 is 5.97 Å². The zero-order valence-electron chi connectivity index (χ0n) is 25.4. The van der Waals surface area contributed by atoms with Crippen LogP contribution in [0.3, 0.4) is 0 Å². The third kappa shape index (κ3) is 7.92. The van der Waals surface area contributed by atoms with Crippen LogP contribution in [-0.4, -0.2) is 36.2 Å². The molecule has 0 radical (unpaired) electrons. The Hall–Kier alpha value is -4.84. The molecular formula is C37H39NO5. The first-order chi connectivity index (χ1) is 20.7. The average molecular weight is 578 g/mol. The summed E-state index contributed by atoms with van der Waals surface area (Å²) in [6.07, 6.45) is 0.791. The minimum atomic E-state index is -0.889. The van der Waals surface area contributed by atoms with Gasteiger partial charge in [0.2, 0.25) is 0 Å². The highest BCUT2D eigenvalue weighted by Crippen LogP contribution is 2.31. The minimum absolute atomic E-state index is 0.102. The number of aromatic carboxylic acids is 1. The molecule has 1 aliphatic rings. The maximum Gasteiger partial charge on any atom is 0.336 e. The SMILES string of the molecule is CC(C)=C(C)c1cc(C(=O)NCC2COc3ccccc3O2)ccc1C.CCc1ccc(-c2ccccc2C(=O)O)cc1. The van der Waals surface area contributed by atoms with Crippen molar-refractivity contribution in [3.63, 3.8) is 0 Å². The van der Waals surface area contributed by atoms with Crippen molar-refractivity contribution in [2.75, 3.05) is 13.2 Å². The molecule has 0 saturated carbocycles. The highest BCUT2D eigenvalue weighted by Gasteiger charge is 2.21. The molecule has 1 heterocycles. The number of nitrogens with one attached hydrogen (secondary N) is 1. The van der Waals surface area contributed by atoms with Crippen molar-refractivity contribution >= 4 is 17.4 Å². The van der Waals surface area contributed by atoms with Gasteiger partial charge in [-0.1, -0.05) is 73.2 Å². The molecule has 2 N–H and O–H groups in total. The fourth-order valence-electron chi connectivity index (χ4n) is 4.75. The van der Waals surface area contributed by atoms with E-state index in [-0.39, 0.29) is 12.0 Å². The Labute approximate surface area is 254 Å². The first-order valence-electron chi connectivity index (χ1n) is 14.5. The zero-order chi connectivity index (χ0) is 30.9. The summed E-state index contributed by atoms with van der Waals surface area (Å²) >= 11 is 0. The molecule has 0 aromatic heterocycles. The van der Waals surface area contributed by atoms with Crippen molar-refractivity contribution in [1.29, 1.82) is 0 Å². The van der Waals surface area contributed by atoms with Crippen molar-refractivity contribution < 1.29 is 24.2 Å². The molecule has 1 amide bonds. The second kappa shape index (κ2) is 14.4. The van der Waals surface area contributed by atoms with Gasteiger partial charge in [-0.15, -0.1) is 0 Å². The van der Waals surface area contributed by atoms with Crippen LogP contribution < -0.4 is 14.8 Å². The number of ether oxygens (including phenoxy) is 2. The largest absolute Gasteiger partial charge is 0.486 e. The van der Waals surface area contributed by atoms with E-state index in [0.717, 1.165) is 34.6 Å². The fourth-order valence-corrected chi connectivity index (χ4v) is 4.75. The molecule has 1 aliphatic heterocycles. The van der Waals surface area contributed by atoms with Crippen LogP contribution in [0.5, 0.6) is 11.5 Å². The Balaban J connectivity index is 0.000000215. The molecule has 0 aliphatic carbocycles. The summed E-state index contributed by atoms with van der Waals surface area (Å²) in [4.78, 5) is 23.7. The number of fused-ring (bicyclic) bond motifs is 1. The lowest BCUT2D eigenvalue weighted by atomic mass is 9.96. The monoisotopic (exact) mass is 577 g/mol. The molecule has 43 heavy (non-hydrogen) atoms. The zero-order valence-corrected chi connectivity index (χ0v) is 25.4. The Bertz CT molecular complexity index is 1620. The number of allylic oxidation sites excluding steroid dienone is 2. The third-order valence-electron chi connectivity index (χ3n) is 7.54. The molecule has 1 atom stereocenters. The van der Waals surface area contributed by atoms with Gasteiger partial charge < -0.3 is 19.9 Å². The maximum absolute atomic E-state index is 12.6. The summed E-state index contributed by atoms with van der Waals surface area (Å²) in [5.41, 5.74) is 8.70. The average Bonchev–Trinajstić information content (AvgIpc) is 3.03. The van der Waals surface area contributed by atoms with Gasteiger partial charge in [0.15, 0.2) is 11.5 Å². The van der Waals surface area contributed by atoms with Gasteiger partial charge in [-0.3, -0.25) is 4.79 Å². The van der Waals surface area contributed by atoms with Crippen LogP contribution in [-0.2, 0) is 6.42 Å². The van der Waals surface area contributed by atoms with Crippen molar-refractivity contribution in [1.82, 2.24) is 5.32 Å². The van der Waals surface area contributed by atoms with Crippen LogP contribution in [0.1, 0.15) is 65.1 Å². The molecule has 1 unspecified atom stereocenters. The molecule has 4 aromatic carbocycles. The quantitative estimate of drug-likeness (QED) is 0.233. The van der Waals surface area contributed by atoms with Gasteiger partial charge in [-0.05, 0) is 97.8 Å². The molecule has 5 rings (SSSR count). The van der Waals surface area contributed by atoms with Crippen LogP contribution in [0.25, 0.3) is 16.7 Å². The van der Waals surface area contributed by atoms with Gasteiger partial charge in [0.05, 0.1) is 12.1 Å². The van der Waals surface area contributed by atoms with Crippen molar-refractivity contribution in [2.45, 2.75) is 47.1 Å². The van der Waals surface area contributed by atoms with Crippen LogP contribution in [0.2, 0.25) is 0 Å². The number of hydrogen-bond acceptors (Lipinski definition) is 4. The Morgan fingerprint density at radius 2 is 1.53 bits per heavy atom. The predicted molar refractivity (Wildman–Crippen MR) is 172 cm³/mol. The van der Waals surface area contributed by atoms with Gasteiger partial charge in [-0.2, -0.15) is 0 Å². The highest BCUT2D eigenvalue weighted by atomic mass is 16.6. The summed E-state index contributed by atoms with van der Waals surface area (Å²) in [5.74, 6) is 0.473. The second-order valence-corrected chi connectivity index (χ2v) is 10.8. The number of carboxylic acid groups (broad SMARTS) is 1. The molecule has 0 fully saturated rings. The summed E-state index contributed by atoms with van der Waals surface area (Å²) in [6.45, 7) is 11.2. The lowest BCUT2D eigenvalue weighted by Gasteiger charge is -2.26. The second-order valence-electron chi connectivity index (χ2n) is 10.8. The van der Waals surface area contributed by atoms with Gasteiger partial charge in [0.1, 0.15) is 12.7 Å². The molecular weight excluding hydrogens is 538 g/mol. The van der Waals surface area contributed by atoms with Crippen LogP contribution >= 0.6 is 0 Å². The summed E-state index contributed by atoms with van der Waals surface area (Å²) < 4.78 is 11.6. The molecule has 6 nitrogen and oxygen atoms in total. The van der Waals surface area contributed by atoms with E-state index in [9.17, 15) is 9.59 Å². The molecule has 6 heteroatoms. The molecule has 0 bridgehead atoms. The van der Waals surface area contributed by atoms with E-state index in [1.54, 1.807) is 12.1 Å². The van der Waals surface area contributed by atoms with Gasteiger partial charge in [-0.25, -0.2) is 4.79 Å². The van der Waals surface area contributed by atoms with E-state index >= 15 is 0 Å². The number of benzene rings is 4. The number of para-hydroxylation sites is 2. The van der Waals surface area contributed by atoms with Crippen molar-refractivity contribution in [3.8, 4) is 22.6 Å². The van der Waals surface area contributed by atoms with Gasteiger partial charge in [0.25, 0.3) is 5.91 Å². The lowest BCUT2D eigenvalue weighted by Crippen LogP contribution is -2.40. The van der Waals surface area contributed by atoms with Gasteiger partial charge >= 0.3 is 5.97 Å². The lowest BCUT2D eigenvalue weighted by molar-refractivity contribution is 0.0697. The number of aryl methyl sites for hydroxylation is 2. The molecule has 4 aromatic rings. The van der Waals surface area contributed by atoms with E-state index in [4.69, 9.17) is 14.6 Å². The van der Waals surface area contributed by atoms with Crippen molar-refractivity contribution in [3.05, 3.63) is 124 Å². The third-order valence-corrected chi connectivity index (χ3v) is 7.54. The number of hydrogen-bond donors (Lipinski definition) is 2. The molecule has 0 spiro atoms. The Kier molecular flexibility index (Phi) is 10.4. The normalized spacial score (nSPS) is 13.3. The van der Waals surface area contributed by atoms with E-state index in [0.29, 0.717) is 24.3 Å². The molecule has 0 saturated heterocycles. The van der Waals surface area contributed by atoms with Crippen molar-refractivity contribution in [2.24, 2.45) is 0 Å². The maximum atomic E-state index is 12.6. The Morgan fingerprint density at radius 1 is 0.860 bits per heavy atom. The van der Waals surface area contributed by atoms with Crippen LogP contribution in [0.4, 0.5) is 0 Å². The van der Waals surface area contributed by atoms with Crippen LogP contribution in [0.15, 0.2) is 96.6 Å². The fraction of sp³-hybridized carbons (Fsp3) is 0.243.